The van der Waals surface area contributed by atoms with Crippen LogP contribution in [0.25, 0.3) is 0 Å². The summed E-state index contributed by atoms with van der Waals surface area (Å²) in [5.74, 6) is -0.711. The average Bonchev–Trinajstić information content (AvgIpc) is 2.67. The normalized spacial score (nSPS) is 18.6. The fraction of sp³-hybridized carbons (Fsp3) is 0.600. The van der Waals surface area contributed by atoms with Gasteiger partial charge >= 0.3 is 5.97 Å². The maximum absolute atomic E-state index is 12.4. The summed E-state index contributed by atoms with van der Waals surface area (Å²) < 4.78 is 4.78. The Morgan fingerprint density at radius 3 is 2.50 bits per heavy atom. The third-order valence-corrected chi connectivity index (χ3v) is 5.09. The molecule has 144 valence electrons. The minimum absolute atomic E-state index is 0.295. The average molecular weight is 362 g/mol. The van der Waals surface area contributed by atoms with Gasteiger partial charge in [0.25, 0.3) is 5.91 Å². The first-order valence-electron chi connectivity index (χ1n) is 9.37. The topological polar surface area (TPSA) is 102 Å². The van der Waals surface area contributed by atoms with Gasteiger partial charge in [-0.05, 0) is 17.9 Å². The number of hydrogen-bond acceptors (Lipinski definition) is 5. The molecule has 0 bridgehead atoms. The Bertz CT molecular complexity index is 572. The van der Waals surface area contributed by atoms with E-state index in [2.05, 4.69) is 5.32 Å². The van der Waals surface area contributed by atoms with E-state index >= 15 is 0 Å². The molecule has 0 saturated heterocycles. The van der Waals surface area contributed by atoms with E-state index in [1.807, 2.05) is 30.3 Å². The molecule has 0 aromatic heterocycles. The van der Waals surface area contributed by atoms with Gasteiger partial charge in [-0.25, -0.2) is 4.79 Å². The number of carbonyl (C=O) groups excluding carboxylic acids is 2. The van der Waals surface area contributed by atoms with Crippen LogP contribution < -0.4 is 11.1 Å². The first-order chi connectivity index (χ1) is 12.5. The molecule has 1 fully saturated rings. The number of aliphatic hydroxyl groups is 1. The number of nitrogens with two attached hydrogens (primary N) is 1. The molecule has 0 heterocycles. The van der Waals surface area contributed by atoms with Gasteiger partial charge < -0.3 is 20.9 Å². The van der Waals surface area contributed by atoms with Crippen molar-refractivity contribution in [2.75, 3.05) is 7.11 Å². The van der Waals surface area contributed by atoms with Crippen molar-refractivity contribution >= 4 is 11.9 Å². The second-order valence-electron chi connectivity index (χ2n) is 7.12. The van der Waals surface area contributed by atoms with Crippen LogP contribution in [0.1, 0.15) is 44.1 Å². The zero-order chi connectivity index (χ0) is 18.9. The van der Waals surface area contributed by atoms with Crippen LogP contribution in [0.5, 0.6) is 0 Å². The van der Waals surface area contributed by atoms with Crippen molar-refractivity contribution in [3.8, 4) is 0 Å². The van der Waals surface area contributed by atoms with Crippen molar-refractivity contribution in [3.05, 3.63) is 35.9 Å². The zero-order valence-corrected chi connectivity index (χ0v) is 15.4. The highest BCUT2D eigenvalue weighted by Crippen LogP contribution is 2.27. The van der Waals surface area contributed by atoms with E-state index < -0.39 is 30.1 Å². The van der Waals surface area contributed by atoms with E-state index in [4.69, 9.17) is 10.5 Å². The van der Waals surface area contributed by atoms with E-state index in [9.17, 15) is 14.7 Å². The third kappa shape index (κ3) is 6.11. The largest absolute Gasteiger partial charge is 0.467 e. The molecule has 6 heteroatoms. The van der Waals surface area contributed by atoms with Crippen LogP contribution in [-0.2, 0) is 20.7 Å². The third-order valence-electron chi connectivity index (χ3n) is 5.09. The summed E-state index contributed by atoms with van der Waals surface area (Å²) >= 11 is 0. The lowest BCUT2D eigenvalue weighted by molar-refractivity contribution is -0.146. The summed E-state index contributed by atoms with van der Waals surface area (Å²) in [6.07, 6.45) is 5.39. The maximum atomic E-state index is 12.4. The number of carbonyl (C=O) groups is 2. The first kappa shape index (κ1) is 20.4. The van der Waals surface area contributed by atoms with Crippen molar-refractivity contribution in [1.29, 1.82) is 0 Å². The molecule has 1 aliphatic carbocycles. The number of rotatable bonds is 8. The Morgan fingerprint density at radius 2 is 1.88 bits per heavy atom. The number of aliphatic hydroxyl groups excluding tert-OH is 1. The number of ether oxygens (including phenoxy) is 1. The quantitative estimate of drug-likeness (QED) is 0.609. The van der Waals surface area contributed by atoms with E-state index in [1.165, 1.54) is 26.4 Å². The molecular formula is C20H30N2O4. The summed E-state index contributed by atoms with van der Waals surface area (Å²) in [7, 11) is 1.28. The molecule has 6 nitrogen and oxygen atoms in total. The molecule has 4 N–H and O–H groups in total. The predicted octanol–water partition coefficient (Wildman–Crippen LogP) is 1.55. The lowest BCUT2D eigenvalue weighted by Crippen LogP contribution is -2.52. The summed E-state index contributed by atoms with van der Waals surface area (Å²) in [4.78, 5) is 24.4. The summed E-state index contributed by atoms with van der Waals surface area (Å²) in [6, 6.07) is 7.85. The van der Waals surface area contributed by atoms with E-state index in [0.29, 0.717) is 18.8 Å². The van der Waals surface area contributed by atoms with Crippen molar-refractivity contribution < 1.29 is 19.4 Å². The van der Waals surface area contributed by atoms with Gasteiger partial charge in [-0.3, -0.25) is 4.79 Å². The molecule has 3 atom stereocenters. The van der Waals surface area contributed by atoms with E-state index in [1.54, 1.807) is 0 Å². The molecule has 0 spiro atoms. The Balaban J connectivity index is 1.92. The van der Waals surface area contributed by atoms with Crippen molar-refractivity contribution in [1.82, 2.24) is 5.32 Å². The highest BCUT2D eigenvalue weighted by molar-refractivity contribution is 5.87. The molecule has 1 saturated carbocycles. The van der Waals surface area contributed by atoms with Gasteiger partial charge in [-0.1, -0.05) is 62.4 Å². The minimum atomic E-state index is -1.33. The predicted molar refractivity (Wildman–Crippen MR) is 99.3 cm³/mol. The summed E-state index contributed by atoms with van der Waals surface area (Å²) in [5, 5.41) is 12.9. The molecule has 26 heavy (non-hydrogen) atoms. The smallest absolute Gasteiger partial charge is 0.328 e. The molecule has 2 rings (SSSR count). The van der Waals surface area contributed by atoms with E-state index in [0.717, 1.165) is 18.4 Å². The van der Waals surface area contributed by atoms with E-state index in [-0.39, 0.29) is 0 Å². The number of esters is 1. The van der Waals surface area contributed by atoms with Crippen molar-refractivity contribution in [2.45, 2.75) is 63.1 Å². The number of benzene rings is 1. The van der Waals surface area contributed by atoms with Crippen LogP contribution in [0.4, 0.5) is 0 Å². The van der Waals surface area contributed by atoms with Gasteiger partial charge in [0.05, 0.1) is 7.11 Å². The van der Waals surface area contributed by atoms with Gasteiger partial charge in [0.15, 0.2) is 0 Å². The van der Waals surface area contributed by atoms with Crippen LogP contribution in [0.15, 0.2) is 30.3 Å². The summed E-state index contributed by atoms with van der Waals surface area (Å²) in [5.41, 5.74) is 6.95. The van der Waals surface area contributed by atoms with Crippen LogP contribution in [0.2, 0.25) is 0 Å². The number of methoxy groups -OCH3 is 1. The van der Waals surface area contributed by atoms with Gasteiger partial charge in [0.1, 0.15) is 12.1 Å². The van der Waals surface area contributed by atoms with Crippen LogP contribution in [0, 0.1) is 5.92 Å². The van der Waals surface area contributed by atoms with Gasteiger partial charge in [0, 0.05) is 12.5 Å². The second-order valence-corrected chi connectivity index (χ2v) is 7.12. The number of hydrogen-bond donors (Lipinski definition) is 3. The standard InChI is InChI=1S/C20H30N2O4/c1-26-20(25)17(13-15-10-6-3-7-11-15)22-19(24)18(23)16(21)12-14-8-4-2-5-9-14/h3,6-7,10-11,14,16-18,23H,2,4-5,8-9,12-13,21H2,1H3,(H,22,24)/t16-,17?,18?/m1/s1. The molecule has 1 aromatic carbocycles. The fourth-order valence-corrected chi connectivity index (χ4v) is 3.57. The Labute approximate surface area is 155 Å². The second kappa shape index (κ2) is 10.3. The van der Waals surface area contributed by atoms with Crippen LogP contribution >= 0.6 is 0 Å². The maximum Gasteiger partial charge on any atom is 0.328 e. The highest BCUT2D eigenvalue weighted by atomic mass is 16.5. The molecule has 0 radical (unpaired) electrons. The van der Waals surface area contributed by atoms with Crippen LogP contribution in [0.3, 0.4) is 0 Å². The lowest BCUT2D eigenvalue weighted by atomic mass is 9.84. The molecule has 1 aliphatic rings. The van der Waals surface area contributed by atoms with Crippen molar-refractivity contribution in [3.63, 3.8) is 0 Å². The molecular weight excluding hydrogens is 332 g/mol. The lowest BCUT2D eigenvalue weighted by Gasteiger charge is -2.27. The molecule has 0 aliphatic heterocycles. The molecule has 1 amide bonds. The van der Waals surface area contributed by atoms with Crippen LogP contribution in [-0.4, -0.2) is 42.3 Å². The summed E-state index contributed by atoms with van der Waals surface area (Å²) in [6.45, 7) is 0. The number of nitrogens with one attached hydrogen (secondary N) is 1. The fourth-order valence-electron chi connectivity index (χ4n) is 3.57. The van der Waals surface area contributed by atoms with Gasteiger partial charge in [-0.2, -0.15) is 0 Å². The highest BCUT2D eigenvalue weighted by Gasteiger charge is 2.30. The number of amides is 1. The minimum Gasteiger partial charge on any atom is -0.467 e. The van der Waals surface area contributed by atoms with Gasteiger partial charge in [0.2, 0.25) is 0 Å². The Hall–Kier alpha value is -1.92. The van der Waals surface area contributed by atoms with Crippen molar-refractivity contribution in [2.24, 2.45) is 11.7 Å². The molecule has 2 unspecified atom stereocenters. The Morgan fingerprint density at radius 1 is 1.23 bits per heavy atom. The first-order valence-corrected chi connectivity index (χ1v) is 9.37. The SMILES string of the molecule is COC(=O)C(Cc1ccccc1)NC(=O)C(O)[C@H](N)CC1CCCCC1. The zero-order valence-electron chi connectivity index (χ0n) is 15.4. The Kier molecular flexibility index (Phi) is 8.06. The molecule has 1 aromatic rings. The van der Waals surface area contributed by atoms with Gasteiger partial charge in [-0.15, -0.1) is 0 Å². The monoisotopic (exact) mass is 362 g/mol.